The van der Waals surface area contributed by atoms with Gasteiger partial charge in [-0.3, -0.25) is 14.4 Å². The molecule has 1 saturated heterocycles. The van der Waals surface area contributed by atoms with Gasteiger partial charge >= 0.3 is 0 Å². The Bertz CT molecular complexity index is 1110. The summed E-state index contributed by atoms with van der Waals surface area (Å²) in [5.41, 5.74) is 4.39. The molecule has 0 spiro atoms. The van der Waals surface area contributed by atoms with Crippen molar-refractivity contribution in [2.75, 3.05) is 19.8 Å². The molecule has 5 rings (SSSR count). The van der Waals surface area contributed by atoms with E-state index in [2.05, 4.69) is 22.1 Å². The fourth-order valence-corrected chi connectivity index (χ4v) is 5.40. The van der Waals surface area contributed by atoms with E-state index in [9.17, 15) is 9.18 Å². The number of amides is 1. The van der Waals surface area contributed by atoms with E-state index >= 15 is 0 Å². The summed E-state index contributed by atoms with van der Waals surface area (Å²) in [6.45, 7) is 2.53. The number of aryl methyl sites for hydroxylation is 1. The Labute approximate surface area is 179 Å². The number of hydrogen-bond acceptors (Lipinski definition) is 4. The van der Waals surface area contributed by atoms with Gasteiger partial charge in [0.1, 0.15) is 5.82 Å². The lowest BCUT2D eigenvalue weighted by atomic mass is 10.1. The average molecular weight is 423 g/mol. The summed E-state index contributed by atoms with van der Waals surface area (Å²) in [6.07, 6.45) is 0.868. The summed E-state index contributed by atoms with van der Waals surface area (Å²) in [5, 5.41) is 4.62. The molecule has 154 valence electrons. The first-order valence-electron chi connectivity index (χ1n) is 10.1. The standard InChI is InChI=1S/C23H23FN4OS/c1-26-22-17-8-3-5-10-20(17)30-14-18(22)21(25-26)23(29)28-12-6-11-27(15-28)13-16-7-2-4-9-19(16)24/h2-5,7-10H,6,11-15H2,1H3. The maximum absolute atomic E-state index is 14.1. The second-order valence-electron chi connectivity index (χ2n) is 7.79. The smallest absolute Gasteiger partial charge is 0.275 e. The molecule has 0 atom stereocenters. The number of nitrogens with zero attached hydrogens (tertiary/aromatic N) is 4. The van der Waals surface area contributed by atoms with Gasteiger partial charge in [0.25, 0.3) is 5.91 Å². The van der Waals surface area contributed by atoms with Crippen molar-refractivity contribution in [1.29, 1.82) is 0 Å². The Balaban J connectivity index is 1.39. The normalized spacial score (nSPS) is 16.3. The summed E-state index contributed by atoms with van der Waals surface area (Å²) in [4.78, 5) is 18.6. The zero-order valence-electron chi connectivity index (χ0n) is 16.8. The molecule has 2 aromatic carbocycles. The number of aromatic nitrogens is 2. The predicted octanol–water partition coefficient (Wildman–Crippen LogP) is 4.14. The van der Waals surface area contributed by atoms with Crippen LogP contribution in [-0.2, 0) is 19.3 Å². The van der Waals surface area contributed by atoms with Crippen LogP contribution in [0.2, 0.25) is 0 Å². The molecule has 0 N–H and O–H groups in total. The molecule has 3 aromatic rings. The summed E-state index contributed by atoms with van der Waals surface area (Å²) >= 11 is 1.75. The number of benzene rings is 2. The van der Waals surface area contributed by atoms with E-state index in [0.29, 0.717) is 31.0 Å². The molecule has 2 aliphatic rings. The maximum atomic E-state index is 14.1. The molecule has 5 nitrogen and oxygen atoms in total. The maximum Gasteiger partial charge on any atom is 0.275 e. The first-order valence-corrected chi connectivity index (χ1v) is 11.1. The van der Waals surface area contributed by atoms with Crippen LogP contribution >= 0.6 is 11.8 Å². The SMILES string of the molecule is Cn1nc(C(=O)N2CCCN(Cc3ccccc3F)C2)c2c1-c1ccccc1SC2. The Kier molecular flexibility index (Phi) is 5.08. The van der Waals surface area contributed by atoms with Gasteiger partial charge in [-0.05, 0) is 18.6 Å². The molecule has 0 bridgehead atoms. The van der Waals surface area contributed by atoms with Crippen LogP contribution in [0.5, 0.6) is 0 Å². The third kappa shape index (κ3) is 3.42. The second kappa shape index (κ2) is 7.89. The van der Waals surface area contributed by atoms with E-state index in [1.165, 1.54) is 11.0 Å². The number of carbonyl (C=O) groups excluding carboxylic acids is 1. The molecule has 30 heavy (non-hydrogen) atoms. The predicted molar refractivity (Wildman–Crippen MR) is 116 cm³/mol. The highest BCUT2D eigenvalue weighted by molar-refractivity contribution is 7.98. The molecule has 2 aliphatic heterocycles. The van der Waals surface area contributed by atoms with Crippen molar-refractivity contribution in [1.82, 2.24) is 19.6 Å². The molecule has 0 saturated carbocycles. The van der Waals surface area contributed by atoms with Crippen LogP contribution in [0.3, 0.4) is 0 Å². The number of carbonyl (C=O) groups is 1. The Morgan fingerprint density at radius 3 is 2.80 bits per heavy atom. The van der Waals surface area contributed by atoms with Gasteiger partial charge in [0, 0.05) is 54.0 Å². The van der Waals surface area contributed by atoms with Crippen LogP contribution < -0.4 is 0 Å². The number of halogens is 1. The first-order chi connectivity index (χ1) is 14.6. The highest BCUT2D eigenvalue weighted by Gasteiger charge is 2.31. The van der Waals surface area contributed by atoms with Crippen molar-refractivity contribution in [2.45, 2.75) is 23.6 Å². The summed E-state index contributed by atoms with van der Waals surface area (Å²) in [6, 6.07) is 15.1. The largest absolute Gasteiger partial charge is 0.324 e. The highest BCUT2D eigenvalue weighted by atomic mass is 32.2. The van der Waals surface area contributed by atoms with Crippen LogP contribution in [-0.4, -0.2) is 45.2 Å². The average Bonchev–Trinajstić information content (AvgIpc) is 3.12. The minimum absolute atomic E-state index is 0.0370. The van der Waals surface area contributed by atoms with Gasteiger partial charge in [-0.1, -0.05) is 36.4 Å². The van der Waals surface area contributed by atoms with Crippen molar-refractivity contribution in [3.05, 3.63) is 71.2 Å². The second-order valence-corrected chi connectivity index (χ2v) is 8.81. The van der Waals surface area contributed by atoms with Gasteiger partial charge in [-0.2, -0.15) is 5.10 Å². The van der Waals surface area contributed by atoms with Gasteiger partial charge in [-0.15, -0.1) is 11.8 Å². The molecule has 7 heteroatoms. The lowest BCUT2D eigenvalue weighted by Gasteiger charge is -2.35. The summed E-state index contributed by atoms with van der Waals surface area (Å²) < 4.78 is 15.9. The van der Waals surface area contributed by atoms with Crippen LogP contribution in [0.25, 0.3) is 11.3 Å². The van der Waals surface area contributed by atoms with Gasteiger partial charge in [0.05, 0.1) is 12.4 Å². The molecule has 1 aromatic heterocycles. The number of fused-ring (bicyclic) bond motifs is 3. The lowest BCUT2D eigenvalue weighted by molar-refractivity contribution is 0.0471. The van der Waals surface area contributed by atoms with Gasteiger partial charge < -0.3 is 4.90 Å². The van der Waals surface area contributed by atoms with Crippen LogP contribution in [0, 0.1) is 5.82 Å². The molecule has 1 fully saturated rings. The van der Waals surface area contributed by atoms with Gasteiger partial charge in [-0.25, -0.2) is 4.39 Å². The third-order valence-electron chi connectivity index (χ3n) is 5.77. The Morgan fingerprint density at radius 2 is 1.93 bits per heavy atom. The van der Waals surface area contributed by atoms with E-state index in [0.717, 1.165) is 35.5 Å². The van der Waals surface area contributed by atoms with Gasteiger partial charge in [0.2, 0.25) is 0 Å². The van der Waals surface area contributed by atoms with Gasteiger partial charge in [0.15, 0.2) is 5.69 Å². The number of thioether (sulfide) groups is 1. The molecular formula is C23H23FN4OS. The minimum atomic E-state index is -0.199. The molecule has 3 heterocycles. The summed E-state index contributed by atoms with van der Waals surface area (Å²) in [7, 11) is 1.91. The van der Waals surface area contributed by atoms with E-state index < -0.39 is 0 Å². The van der Waals surface area contributed by atoms with Crippen molar-refractivity contribution in [3.63, 3.8) is 0 Å². The Hall–Kier alpha value is -2.64. The van der Waals surface area contributed by atoms with Crippen LogP contribution in [0.4, 0.5) is 4.39 Å². The van der Waals surface area contributed by atoms with E-state index in [1.54, 1.807) is 23.9 Å². The van der Waals surface area contributed by atoms with E-state index in [1.807, 2.05) is 34.8 Å². The molecule has 0 aliphatic carbocycles. The minimum Gasteiger partial charge on any atom is -0.324 e. The molecular weight excluding hydrogens is 399 g/mol. The summed E-state index contributed by atoms with van der Waals surface area (Å²) in [5.74, 6) is 0.508. The van der Waals surface area contributed by atoms with Crippen LogP contribution in [0.1, 0.15) is 28.0 Å². The zero-order valence-corrected chi connectivity index (χ0v) is 17.7. The topological polar surface area (TPSA) is 41.4 Å². The first kappa shape index (κ1) is 19.3. The fourth-order valence-electron chi connectivity index (χ4n) is 4.33. The van der Waals surface area contributed by atoms with Crippen molar-refractivity contribution in [3.8, 4) is 11.3 Å². The van der Waals surface area contributed by atoms with E-state index in [-0.39, 0.29) is 11.7 Å². The molecule has 0 unspecified atom stereocenters. The zero-order chi connectivity index (χ0) is 20.7. The Morgan fingerprint density at radius 1 is 1.13 bits per heavy atom. The number of rotatable bonds is 3. The number of hydrogen-bond donors (Lipinski definition) is 0. The highest BCUT2D eigenvalue weighted by Crippen LogP contribution is 2.42. The fraction of sp³-hybridized carbons (Fsp3) is 0.304. The lowest BCUT2D eigenvalue weighted by Crippen LogP contribution is -2.47. The van der Waals surface area contributed by atoms with Crippen LogP contribution in [0.15, 0.2) is 53.4 Å². The molecule has 0 radical (unpaired) electrons. The van der Waals surface area contributed by atoms with Crippen molar-refractivity contribution in [2.24, 2.45) is 7.05 Å². The van der Waals surface area contributed by atoms with Crippen molar-refractivity contribution >= 4 is 17.7 Å². The van der Waals surface area contributed by atoms with E-state index in [4.69, 9.17) is 0 Å². The van der Waals surface area contributed by atoms with Crippen molar-refractivity contribution < 1.29 is 9.18 Å². The third-order valence-corrected chi connectivity index (χ3v) is 6.87. The molecule has 1 amide bonds. The quantitative estimate of drug-likeness (QED) is 0.636. The monoisotopic (exact) mass is 422 g/mol.